The minimum Gasteiger partial charge on any atom is -0.484 e. The summed E-state index contributed by atoms with van der Waals surface area (Å²) in [6, 6.07) is 14.9. The van der Waals surface area contributed by atoms with E-state index in [0.717, 1.165) is 5.56 Å². The minimum atomic E-state index is -0.321. The summed E-state index contributed by atoms with van der Waals surface area (Å²) in [4.78, 5) is 11.7. The van der Waals surface area contributed by atoms with Crippen LogP contribution in [0.2, 0.25) is 5.02 Å². The summed E-state index contributed by atoms with van der Waals surface area (Å²) >= 11 is 5.87. The number of amides is 1. The van der Waals surface area contributed by atoms with Crippen molar-refractivity contribution in [1.82, 2.24) is 5.43 Å². The molecular formula is C18H19ClN2O2. The third-order valence-electron chi connectivity index (χ3n) is 3.15. The monoisotopic (exact) mass is 330 g/mol. The van der Waals surface area contributed by atoms with E-state index in [2.05, 4.69) is 24.4 Å². The molecule has 23 heavy (non-hydrogen) atoms. The lowest BCUT2D eigenvalue weighted by atomic mass is 10.0. The van der Waals surface area contributed by atoms with Crippen LogP contribution in [0.4, 0.5) is 0 Å². The Labute approximate surface area is 141 Å². The molecule has 1 N–H and O–H groups in total. The lowest BCUT2D eigenvalue weighted by Gasteiger charge is -2.09. The van der Waals surface area contributed by atoms with E-state index in [9.17, 15) is 4.79 Å². The molecule has 0 atom stereocenters. The smallest absolute Gasteiger partial charge is 0.277 e. The number of halogens is 1. The molecule has 120 valence electrons. The van der Waals surface area contributed by atoms with Gasteiger partial charge in [0.15, 0.2) is 6.61 Å². The van der Waals surface area contributed by atoms with E-state index < -0.39 is 0 Å². The molecule has 5 heteroatoms. The highest BCUT2D eigenvalue weighted by Crippen LogP contribution is 2.19. The molecule has 2 aromatic carbocycles. The van der Waals surface area contributed by atoms with Gasteiger partial charge in [-0.25, -0.2) is 5.43 Å². The topological polar surface area (TPSA) is 50.7 Å². The lowest BCUT2D eigenvalue weighted by Crippen LogP contribution is -2.24. The molecule has 0 unspecified atom stereocenters. The first-order valence-corrected chi connectivity index (χ1v) is 7.72. The number of hydrogen-bond donors (Lipinski definition) is 1. The third-order valence-corrected chi connectivity index (χ3v) is 3.38. The molecule has 1 amide bonds. The van der Waals surface area contributed by atoms with Gasteiger partial charge in [-0.2, -0.15) is 5.10 Å². The second kappa shape index (κ2) is 8.34. The average Bonchev–Trinajstić information content (AvgIpc) is 2.53. The Morgan fingerprint density at radius 1 is 1.26 bits per heavy atom. The normalized spacial score (nSPS) is 11.0. The number of carbonyl (C=O) groups excluding carboxylic acids is 1. The van der Waals surface area contributed by atoms with Crippen molar-refractivity contribution in [3.63, 3.8) is 0 Å². The van der Waals surface area contributed by atoms with Crippen molar-refractivity contribution in [3.8, 4) is 5.75 Å². The van der Waals surface area contributed by atoms with Gasteiger partial charge in [-0.05, 0) is 41.3 Å². The van der Waals surface area contributed by atoms with E-state index in [1.807, 2.05) is 36.4 Å². The maximum atomic E-state index is 11.7. The summed E-state index contributed by atoms with van der Waals surface area (Å²) < 4.78 is 5.47. The summed E-state index contributed by atoms with van der Waals surface area (Å²) in [7, 11) is 0. The fourth-order valence-corrected chi connectivity index (χ4v) is 2.11. The van der Waals surface area contributed by atoms with E-state index >= 15 is 0 Å². The maximum absolute atomic E-state index is 11.7. The maximum Gasteiger partial charge on any atom is 0.277 e. The third kappa shape index (κ3) is 5.75. The zero-order valence-electron chi connectivity index (χ0n) is 13.1. The van der Waals surface area contributed by atoms with Gasteiger partial charge in [0, 0.05) is 5.02 Å². The van der Waals surface area contributed by atoms with Gasteiger partial charge >= 0.3 is 0 Å². The first-order chi connectivity index (χ1) is 11.0. The predicted octanol–water partition coefficient (Wildman–Crippen LogP) is 3.99. The van der Waals surface area contributed by atoms with Crippen LogP contribution in [0.3, 0.4) is 0 Å². The van der Waals surface area contributed by atoms with E-state index in [1.54, 1.807) is 12.1 Å². The van der Waals surface area contributed by atoms with E-state index in [4.69, 9.17) is 16.3 Å². The quantitative estimate of drug-likeness (QED) is 0.643. The summed E-state index contributed by atoms with van der Waals surface area (Å²) in [5.41, 5.74) is 4.40. The number of hydrogen-bond acceptors (Lipinski definition) is 3. The molecule has 0 fully saturated rings. The summed E-state index contributed by atoms with van der Waals surface area (Å²) in [6.07, 6.45) is 1.53. The van der Waals surface area contributed by atoms with Crippen molar-refractivity contribution in [2.45, 2.75) is 19.8 Å². The molecule has 0 aliphatic heterocycles. The lowest BCUT2D eigenvalue weighted by molar-refractivity contribution is -0.123. The number of rotatable bonds is 6. The Hall–Kier alpha value is -2.33. The summed E-state index contributed by atoms with van der Waals surface area (Å²) in [5, 5.41) is 4.50. The Kier molecular flexibility index (Phi) is 6.18. The van der Waals surface area contributed by atoms with E-state index in [0.29, 0.717) is 16.7 Å². The molecule has 0 aliphatic rings. The van der Waals surface area contributed by atoms with Crippen molar-refractivity contribution in [2.75, 3.05) is 6.61 Å². The molecule has 2 rings (SSSR count). The fraction of sp³-hybridized carbons (Fsp3) is 0.222. The molecule has 0 saturated carbocycles. The Balaban J connectivity index is 1.82. The molecule has 0 aromatic heterocycles. The van der Waals surface area contributed by atoms with Crippen molar-refractivity contribution in [1.29, 1.82) is 0 Å². The van der Waals surface area contributed by atoms with Crippen LogP contribution in [0.15, 0.2) is 53.6 Å². The molecule has 0 heterocycles. The van der Waals surface area contributed by atoms with Gasteiger partial charge in [0.25, 0.3) is 5.91 Å². The average molecular weight is 331 g/mol. The molecule has 0 spiro atoms. The van der Waals surface area contributed by atoms with Gasteiger partial charge in [-0.1, -0.05) is 49.7 Å². The summed E-state index contributed by atoms with van der Waals surface area (Å²) in [5.74, 6) is 0.762. The predicted molar refractivity (Wildman–Crippen MR) is 93.2 cm³/mol. The number of hydrazone groups is 1. The second-order valence-electron chi connectivity index (χ2n) is 5.36. The molecule has 0 bridgehead atoms. The minimum absolute atomic E-state index is 0.0889. The van der Waals surface area contributed by atoms with Gasteiger partial charge in [0.1, 0.15) is 5.75 Å². The van der Waals surface area contributed by atoms with Gasteiger partial charge < -0.3 is 4.74 Å². The number of ether oxygens (including phenoxy) is 1. The van der Waals surface area contributed by atoms with Crippen molar-refractivity contribution in [2.24, 2.45) is 5.10 Å². The van der Waals surface area contributed by atoms with Crippen LogP contribution in [-0.4, -0.2) is 18.7 Å². The van der Waals surface area contributed by atoms with Gasteiger partial charge in [0.05, 0.1) is 6.21 Å². The first kappa shape index (κ1) is 17.0. The van der Waals surface area contributed by atoms with Gasteiger partial charge in [0.2, 0.25) is 0 Å². The highest BCUT2D eigenvalue weighted by Gasteiger charge is 2.04. The van der Waals surface area contributed by atoms with Crippen molar-refractivity contribution < 1.29 is 9.53 Å². The Morgan fingerprint density at radius 2 is 2.04 bits per heavy atom. The fourth-order valence-electron chi connectivity index (χ4n) is 1.91. The highest BCUT2D eigenvalue weighted by molar-refractivity contribution is 6.30. The van der Waals surface area contributed by atoms with Gasteiger partial charge in [-0.15, -0.1) is 0 Å². The van der Waals surface area contributed by atoms with Crippen molar-refractivity contribution in [3.05, 3.63) is 64.7 Å². The number of nitrogens with one attached hydrogen (secondary N) is 1. The standard InChI is InChI=1S/C18H19ClN2O2/c1-13(2)15-6-4-8-17(10-15)23-12-18(22)21-20-11-14-5-3-7-16(19)9-14/h3-11,13H,12H2,1-2H3,(H,21,22)/b20-11+. The number of nitrogens with zero attached hydrogens (tertiary/aromatic N) is 1. The second-order valence-corrected chi connectivity index (χ2v) is 5.80. The number of carbonyl (C=O) groups is 1. The zero-order valence-corrected chi connectivity index (χ0v) is 13.9. The molecule has 4 nitrogen and oxygen atoms in total. The largest absolute Gasteiger partial charge is 0.484 e. The van der Waals surface area contributed by atoms with Crippen LogP contribution >= 0.6 is 11.6 Å². The zero-order chi connectivity index (χ0) is 16.7. The van der Waals surface area contributed by atoms with E-state index in [-0.39, 0.29) is 12.5 Å². The Morgan fingerprint density at radius 3 is 2.78 bits per heavy atom. The van der Waals surface area contributed by atoms with E-state index in [1.165, 1.54) is 11.8 Å². The number of benzene rings is 2. The van der Waals surface area contributed by atoms with Crippen LogP contribution in [0.5, 0.6) is 5.75 Å². The van der Waals surface area contributed by atoms with Gasteiger partial charge in [-0.3, -0.25) is 4.79 Å². The first-order valence-electron chi connectivity index (χ1n) is 7.35. The van der Waals surface area contributed by atoms with Crippen molar-refractivity contribution >= 4 is 23.7 Å². The highest BCUT2D eigenvalue weighted by atomic mass is 35.5. The van der Waals surface area contributed by atoms with Crippen LogP contribution in [0, 0.1) is 0 Å². The SMILES string of the molecule is CC(C)c1cccc(OCC(=O)N/N=C/c2cccc(Cl)c2)c1. The van der Waals surface area contributed by atoms with Crippen LogP contribution in [0.25, 0.3) is 0 Å². The van der Waals surface area contributed by atoms with Crippen LogP contribution in [0.1, 0.15) is 30.9 Å². The summed E-state index contributed by atoms with van der Waals surface area (Å²) in [6.45, 7) is 4.13. The molecular weight excluding hydrogens is 312 g/mol. The molecule has 0 radical (unpaired) electrons. The van der Waals surface area contributed by atoms with Crippen LogP contribution < -0.4 is 10.2 Å². The Bertz CT molecular complexity index is 699. The molecule has 2 aromatic rings. The molecule has 0 saturated heterocycles. The molecule has 0 aliphatic carbocycles. The van der Waals surface area contributed by atoms with Crippen LogP contribution in [-0.2, 0) is 4.79 Å².